The fourth-order valence-corrected chi connectivity index (χ4v) is 4.09. The summed E-state index contributed by atoms with van der Waals surface area (Å²) in [5, 5.41) is 21.9. The van der Waals surface area contributed by atoms with Crippen molar-refractivity contribution in [3.8, 4) is 5.69 Å². The van der Waals surface area contributed by atoms with Crippen LogP contribution in [0.1, 0.15) is 22.8 Å². The van der Waals surface area contributed by atoms with Crippen LogP contribution >= 0.6 is 0 Å². The highest BCUT2D eigenvalue weighted by atomic mass is 19.1. The number of benzene rings is 2. The van der Waals surface area contributed by atoms with E-state index in [1.165, 1.54) is 4.90 Å². The van der Waals surface area contributed by atoms with E-state index in [2.05, 4.69) is 5.32 Å². The highest BCUT2D eigenvalue weighted by Crippen LogP contribution is 2.34. The first-order valence-electron chi connectivity index (χ1n) is 10.2. The van der Waals surface area contributed by atoms with E-state index < -0.39 is 51.9 Å². The number of rotatable bonds is 6. The third kappa shape index (κ3) is 3.68. The lowest BCUT2D eigenvalue weighted by molar-refractivity contribution is 0.0695. The standard InChI is InChI=1S/C22H21F3N4O4/c1-2-27-11-6-28(7-11)20-15(24)4-12-19(18(20)25)29(8-13(21(12)31)22(32)33)17-5-16(26)14(23)3-10(17)9-30/h3-5,8,11,27,30H,2,6-7,9,26H2,1H3,(H,32,33). The van der Waals surface area contributed by atoms with Gasteiger partial charge in [-0.1, -0.05) is 6.92 Å². The molecule has 8 nitrogen and oxygen atoms in total. The topological polar surface area (TPSA) is 121 Å². The molecule has 0 aliphatic carbocycles. The second kappa shape index (κ2) is 8.41. The van der Waals surface area contributed by atoms with Crippen molar-refractivity contribution in [2.45, 2.75) is 19.6 Å². The number of carbonyl (C=O) groups is 1. The largest absolute Gasteiger partial charge is 0.477 e. The number of hydrogen-bond donors (Lipinski definition) is 4. The van der Waals surface area contributed by atoms with E-state index in [9.17, 15) is 28.6 Å². The maximum atomic E-state index is 15.8. The number of aliphatic hydroxyl groups excluding tert-OH is 1. The number of fused-ring (bicyclic) bond motifs is 1. The summed E-state index contributed by atoms with van der Waals surface area (Å²) in [6.45, 7) is 2.57. The summed E-state index contributed by atoms with van der Waals surface area (Å²) in [5.41, 5.74) is 2.62. The van der Waals surface area contributed by atoms with Crippen LogP contribution in [0.15, 0.2) is 29.2 Å². The fraction of sp³-hybridized carbons (Fsp3) is 0.273. The van der Waals surface area contributed by atoms with E-state index >= 15 is 4.39 Å². The number of nitrogen functional groups attached to an aromatic ring is 1. The third-order valence-corrected chi connectivity index (χ3v) is 5.71. The van der Waals surface area contributed by atoms with Gasteiger partial charge in [0.2, 0.25) is 5.43 Å². The minimum Gasteiger partial charge on any atom is -0.477 e. The van der Waals surface area contributed by atoms with Crippen molar-refractivity contribution in [3.05, 3.63) is 63.2 Å². The maximum absolute atomic E-state index is 15.8. The Morgan fingerprint density at radius 2 is 1.91 bits per heavy atom. The summed E-state index contributed by atoms with van der Waals surface area (Å²) < 4.78 is 45.7. The van der Waals surface area contributed by atoms with Gasteiger partial charge in [0.05, 0.1) is 28.9 Å². The molecule has 0 radical (unpaired) electrons. The smallest absolute Gasteiger partial charge is 0.341 e. The number of carboxylic acids is 1. The van der Waals surface area contributed by atoms with Crippen LogP contribution < -0.4 is 21.4 Å². The Morgan fingerprint density at radius 1 is 1.21 bits per heavy atom. The predicted molar refractivity (Wildman–Crippen MR) is 116 cm³/mol. The van der Waals surface area contributed by atoms with Crippen LogP contribution in [0, 0.1) is 17.5 Å². The number of nitrogens with two attached hydrogens (primary N) is 1. The zero-order chi connectivity index (χ0) is 24.0. The molecule has 1 aliphatic rings. The van der Waals surface area contributed by atoms with Crippen LogP contribution in [-0.4, -0.2) is 46.4 Å². The van der Waals surface area contributed by atoms with Gasteiger partial charge in [-0.15, -0.1) is 0 Å². The average Bonchev–Trinajstić information content (AvgIpc) is 2.74. The minimum atomic E-state index is -1.61. The quantitative estimate of drug-likeness (QED) is 0.414. The number of hydrogen-bond acceptors (Lipinski definition) is 6. The van der Waals surface area contributed by atoms with Crippen LogP contribution in [0.5, 0.6) is 0 Å². The number of aromatic nitrogens is 1. The molecule has 0 unspecified atom stereocenters. The lowest BCUT2D eigenvalue weighted by Crippen LogP contribution is -2.58. The van der Waals surface area contributed by atoms with Gasteiger partial charge in [-0.05, 0) is 24.7 Å². The van der Waals surface area contributed by atoms with Crippen molar-refractivity contribution in [1.82, 2.24) is 9.88 Å². The van der Waals surface area contributed by atoms with Crippen LogP contribution in [0.4, 0.5) is 24.5 Å². The first-order chi connectivity index (χ1) is 15.7. The van der Waals surface area contributed by atoms with Gasteiger partial charge in [-0.25, -0.2) is 18.0 Å². The molecule has 0 saturated carbocycles. The molecule has 0 bridgehead atoms. The van der Waals surface area contributed by atoms with Crippen molar-refractivity contribution >= 4 is 28.2 Å². The monoisotopic (exact) mass is 462 g/mol. The van der Waals surface area contributed by atoms with Gasteiger partial charge >= 0.3 is 5.97 Å². The molecule has 4 rings (SSSR count). The van der Waals surface area contributed by atoms with Crippen molar-refractivity contribution in [3.63, 3.8) is 0 Å². The molecule has 1 fully saturated rings. The summed E-state index contributed by atoms with van der Waals surface area (Å²) in [5.74, 6) is -4.55. The predicted octanol–water partition coefficient (Wildman–Crippen LogP) is 1.98. The number of aromatic carboxylic acids is 1. The maximum Gasteiger partial charge on any atom is 0.341 e. The normalized spacial score (nSPS) is 14.0. The van der Waals surface area contributed by atoms with Crippen molar-refractivity contribution in [2.75, 3.05) is 30.3 Å². The molecule has 3 aromatic rings. The fourth-order valence-electron chi connectivity index (χ4n) is 4.09. The van der Waals surface area contributed by atoms with Crippen LogP contribution in [0.25, 0.3) is 16.6 Å². The molecule has 0 amide bonds. The van der Waals surface area contributed by atoms with Gasteiger partial charge in [-0.2, -0.15) is 0 Å². The lowest BCUT2D eigenvalue weighted by atomic mass is 10.0. The Hall–Kier alpha value is -3.57. The van der Waals surface area contributed by atoms with E-state index in [0.29, 0.717) is 19.6 Å². The molecule has 1 aliphatic heterocycles. The van der Waals surface area contributed by atoms with E-state index in [1.54, 1.807) is 0 Å². The Kier molecular flexibility index (Phi) is 5.76. The number of carboxylic acid groups (broad SMARTS) is 1. The molecule has 0 atom stereocenters. The average molecular weight is 462 g/mol. The second-order valence-electron chi connectivity index (χ2n) is 7.78. The molecular formula is C22H21F3N4O4. The van der Waals surface area contributed by atoms with Crippen molar-refractivity contribution in [2.24, 2.45) is 0 Å². The van der Waals surface area contributed by atoms with Crippen molar-refractivity contribution < 1.29 is 28.2 Å². The molecule has 0 spiro atoms. The van der Waals surface area contributed by atoms with Gasteiger partial charge in [0.1, 0.15) is 22.9 Å². The SMILES string of the molecule is CCNC1CN(c2c(F)cc3c(=O)c(C(=O)O)cn(-c4cc(N)c(F)cc4CO)c3c2F)C1. The molecule has 1 aromatic heterocycles. The van der Waals surface area contributed by atoms with Gasteiger partial charge in [-0.3, -0.25) is 4.79 Å². The van der Waals surface area contributed by atoms with Gasteiger partial charge in [0.15, 0.2) is 5.82 Å². The van der Waals surface area contributed by atoms with Crippen LogP contribution in [0.3, 0.4) is 0 Å². The molecule has 1 saturated heterocycles. The summed E-state index contributed by atoms with van der Waals surface area (Å²) in [6.07, 6.45) is 0.862. The Bertz CT molecular complexity index is 1340. The Morgan fingerprint density at radius 3 is 2.52 bits per heavy atom. The van der Waals surface area contributed by atoms with E-state index in [4.69, 9.17) is 5.73 Å². The number of pyridine rings is 1. The van der Waals surface area contributed by atoms with Gasteiger partial charge < -0.3 is 30.7 Å². The summed E-state index contributed by atoms with van der Waals surface area (Å²) in [7, 11) is 0. The van der Waals surface area contributed by atoms with Crippen molar-refractivity contribution in [1.29, 1.82) is 0 Å². The summed E-state index contributed by atoms with van der Waals surface area (Å²) >= 11 is 0. The zero-order valence-corrected chi connectivity index (χ0v) is 17.5. The Labute approximate surface area is 185 Å². The highest BCUT2D eigenvalue weighted by molar-refractivity contribution is 5.94. The van der Waals surface area contributed by atoms with Crippen LogP contribution in [-0.2, 0) is 6.61 Å². The molecule has 2 heterocycles. The van der Waals surface area contributed by atoms with Crippen LogP contribution in [0.2, 0.25) is 0 Å². The minimum absolute atomic E-state index is 0.0376. The van der Waals surface area contributed by atoms with E-state index in [0.717, 1.165) is 29.0 Å². The first kappa shape index (κ1) is 22.6. The number of halogens is 3. The zero-order valence-electron chi connectivity index (χ0n) is 17.5. The number of nitrogens with one attached hydrogen (secondary N) is 1. The molecule has 2 aromatic carbocycles. The number of nitrogens with zero attached hydrogens (tertiary/aromatic N) is 2. The number of aliphatic hydroxyl groups is 1. The number of anilines is 2. The number of likely N-dealkylation sites (N-methyl/N-ethyl adjacent to an activating group) is 1. The highest BCUT2D eigenvalue weighted by Gasteiger charge is 2.32. The molecule has 11 heteroatoms. The van der Waals surface area contributed by atoms with Gasteiger partial charge in [0, 0.05) is 30.9 Å². The summed E-state index contributed by atoms with van der Waals surface area (Å²) in [4.78, 5) is 25.9. The molecule has 33 heavy (non-hydrogen) atoms. The molecular weight excluding hydrogens is 441 g/mol. The van der Waals surface area contributed by atoms with Gasteiger partial charge in [0.25, 0.3) is 0 Å². The van der Waals surface area contributed by atoms with E-state index in [1.807, 2.05) is 6.92 Å². The molecule has 174 valence electrons. The molecule has 5 N–H and O–H groups in total. The Balaban J connectivity index is 2.05. The first-order valence-corrected chi connectivity index (χ1v) is 10.2. The lowest BCUT2D eigenvalue weighted by Gasteiger charge is -2.41. The third-order valence-electron chi connectivity index (χ3n) is 5.71. The summed E-state index contributed by atoms with van der Waals surface area (Å²) in [6, 6.07) is 2.85. The van der Waals surface area contributed by atoms with E-state index in [-0.39, 0.29) is 28.7 Å². The second-order valence-corrected chi connectivity index (χ2v) is 7.78.